The molecule has 0 aliphatic rings. The first kappa shape index (κ1) is 26.5. The number of nitrogens with zero attached hydrogens (tertiary/aromatic N) is 6. The van der Waals surface area contributed by atoms with Crippen molar-refractivity contribution in [2.45, 2.75) is 33.1 Å². The number of nitriles is 1. The molecule has 0 radical (unpaired) electrons. The molecular formula is C32H29N9O. The Labute approximate surface area is 242 Å². The average molecular weight is 556 g/mol. The molecule has 0 spiro atoms. The zero-order chi connectivity index (χ0) is 29.6. The van der Waals surface area contributed by atoms with Crippen LogP contribution in [0.2, 0.25) is 0 Å². The highest BCUT2D eigenvalue weighted by Crippen LogP contribution is 2.31. The lowest BCUT2D eigenvalue weighted by atomic mass is 9.92. The zero-order valence-corrected chi connectivity index (χ0v) is 23.7. The van der Waals surface area contributed by atoms with Gasteiger partial charge < -0.3 is 11.1 Å². The Kier molecular flexibility index (Phi) is 6.35. The lowest BCUT2D eigenvalue weighted by Gasteiger charge is -2.14. The topological polar surface area (TPSA) is 139 Å². The van der Waals surface area contributed by atoms with Gasteiger partial charge in [0.2, 0.25) is 0 Å². The highest BCUT2D eigenvalue weighted by atomic mass is 16.2. The van der Waals surface area contributed by atoms with Gasteiger partial charge in [0.25, 0.3) is 0 Å². The van der Waals surface area contributed by atoms with Crippen LogP contribution in [0.15, 0.2) is 78.9 Å². The van der Waals surface area contributed by atoms with Crippen LogP contribution >= 0.6 is 0 Å². The first-order valence-electron chi connectivity index (χ1n) is 13.4. The summed E-state index contributed by atoms with van der Waals surface area (Å²) in [4.78, 5) is 22.5. The molecule has 0 saturated carbocycles. The van der Waals surface area contributed by atoms with Crippen molar-refractivity contribution in [2.75, 3.05) is 16.4 Å². The number of para-hydroxylation sites is 2. The van der Waals surface area contributed by atoms with Crippen LogP contribution in [0.25, 0.3) is 33.6 Å². The van der Waals surface area contributed by atoms with Gasteiger partial charge in [-0.2, -0.15) is 10.4 Å². The number of nitrogens with two attached hydrogens (primary N) is 1. The van der Waals surface area contributed by atoms with Crippen molar-refractivity contribution in [3.05, 3.63) is 95.7 Å². The normalized spacial score (nSPS) is 11.5. The summed E-state index contributed by atoms with van der Waals surface area (Å²) < 4.78 is 3.44. The summed E-state index contributed by atoms with van der Waals surface area (Å²) in [6, 6.07) is 26.2. The van der Waals surface area contributed by atoms with E-state index in [2.05, 4.69) is 42.5 Å². The molecule has 3 heterocycles. The number of aromatic nitrogens is 5. The van der Waals surface area contributed by atoms with E-state index in [1.165, 1.54) is 0 Å². The van der Waals surface area contributed by atoms with Gasteiger partial charge in [0, 0.05) is 22.9 Å². The number of carbonyl (C=O) groups excluding carboxylic acids is 1. The maximum absolute atomic E-state index is 13.1. The highest BCUT2D eigenvalue weighted by molar-refractivity contribution is 5.99. The summed E-state index contributed by atoms with van der Waals surface area (Å²) >= 11 is 0. The van der Waals surface area contributed by atoms with E-state index >= 15 is 0 Å². The number of fused-ring (bicyclic) bond motifs is 2. The molecule has 42 heavy (non-hydrogen) atoms. The number of anilines is 3. The fourth-order valence-corrected chi connectivity index (χ4v) is 4.73. The standard InChI is InChI=1S/C32H29N9O/c1-19-9-13-22(14-10-19)41-27(17-26(39-41)32(2,3)4)38-31(42)35-20-11-15-21(16-12-20)40-29(34)23(18-33)28-30(40)37-25-8-6-5-7-24(25)36-28/h5-17H,34H2,1-4H3,(H2,35,38,42). The summed E-state index contributed by atoms with van der Waals surface area (Å²) in [6.07, 6.45) is 0. The molecule has 0 unspecified atom stereocenters. The predicted molar refractivity (Wildman–Crippen MR) is 165 cm³/mol. The molecule has 10 heteroatoms. The van der Waals surface area contributed by atoms with Crippen molar-refractivity contribution in [1.82, 2.24) is 24.3 Å². The Hall–Kier alpha value is -5.69. The second-order valence-electron chi connectivity index (χ2n) is 11.1. The summed E-state index contributed by atoms with van der Waals surface area (Å²) in [5.41, 5.74) is 12.9. The number of aryl methyl sites for hydroxylation is 1. The molecule has 3 aromatic heterocycles. The number of hydrogen-bond donors (Lipinski definition) is 3. The quantitative estimate of drug-likeness (QED) is 0.228. The van der Waals surface area contributed by atoms with Crippen LogP contribution in [-0.2, 0) is 5.41 Å². The van der Waals surface area contributed by atoms with Crippen molar-refractivity contribution in [3.63, 3.8) is 0 Å². The van der Waals surface area contributed by atoms with Gasteiger partial charge in [-0.1, -0.05) is 50.6 Å². The number of nitrogen functional groups attached to an aromatic ring is 1. The van der Waals surface area contributed by atoms with E-state index in [-0.39, 0.29) is 16.8 Å². The molecule has 208 valence electrons. The Morgan fingerprint density at radius 3 is 2.19 bits per heavy atom. The van der Waals surface area contributed by atoms with E-state index < -0.39 is 6.03 Å². The molecule has 0 saturated heterocycles. The second-order valence-corrected chi connectivity index (χ2v) is 11.1. The van der Waals surface area contributed by atoms with Crippen molar-refractivity contribution >= 4 is 45.6 Å². The minimum Gasteiger partial charge on any atom is -0.384 e. The molecular weight excluding hydrogens is 526 g/mol. The van der Waals surface area contributed by atoms with Crippen LogP contribution < -0.4 is 16.4 Å². The molecule has 0 fully saturated rings. The van der Waals surface area contributed by atoms with Crippen LogP contribution in [0.3, 0.4) is 0 Å². The number of nitrogens with one attached hydrogen (secondary N) is 2. The molecule has 3 aromatic carbocycles. The number of rotatable bonds is 4. The van der Waals surface area contributed by atoms with E-state index in [4.69, 9.17) is 15.8 Å². The average Bonchev–Trinajstić information content (AvgIpc) is 3.50. The maximum Gasteiger partial charge on any atom is 0.324 e. The smallest absolute Gasteiger partial charge is 0.324 e. The fraction of sp³-hybridized carbons (Fsp3) is 0.156. The van der Waals surface area contributed by atoms with Crippen molar-refractivity contribution in [2.24, 2.45) is 0 Å². The van der Waals surface area contributed by atoms with Crippen LogP contribution in [0, 0.1) is 18.3 Å². The number of benzene rings is 3. The third kappa shape index (κ3) is 4.77. The number of carbonyl (C=O) groups is 1. The molecule has 4 N–H and O–H groups in total. The van der Waals surface area contributed by atoms with Crippen LogP contribution in [-0.4, -0.2) is 30.3 Å². The SMILES string of the molecule is Cc1ccc(-n2nc(C(C)(C)C)cc2NC(=O)Nc2ccc(-n3c(N)c(C#N)c4nc5ccccc5nc43)cc2)cc1. The summed E-state index contributed by atoms with van der Waals surface area (Å²) in [5, 5.41) is 20.4. The first-order chi connectivity index (χ1) is 20.1. The minimum atomic E-state index is -0.411. The number of urea groups is 1. The van der Waals surface area contributed by atoms with Gasteiger partial charge in [-0.15, -0.1) is 0 Å². The molecule has 0 aliphatic heterocycles. The molecule has 10 nitrogen and oxygen atoms in total. The summed E-state index contributed by atoms with van der Waals surface area (Å²) in [7, 11) is 0. The Morgan fingerprint density at radius 2 is 1.55 bits per heavy atom. The predicted octanol–water partition coefficient (Wildman–Crippen LogP) is 6.46. The second kappa shape index (κ2) is 10.1. The summed E-state index contributed by atoms with van der Waals surface area (Å²) in [5.74, 6) is 0.805. The van der Waals surface area contributed by atoms with E-state index in [0.29, 0.717) is 39.4 Å². The van der Waals surface area contributed by atoms with Crippen molar-refractivity contribution < 1.29 is 4.79 Å². The monoisotopic (exact) mass is 555 g/mol. The maximum atomic E-state index is 13.1. The van der Waals surface area contributed by atoms with E-state index in [1.807, 2.05) is 61.5 Å². The number of amides is 2. The Bertz CT molecular complexity index is 2010. The molecule has 0 bridgehead atoms. The van der Waals surface area contributed by atoms with Crippen LogP contribution in [0.4, 0.5) is 22.1 Å². The van der Waals surface area contributed by atoms with Crippen molar-refractivity contribution in [1.29, 1.82) is 5.26 Å². The van der Waals surface area contributed by atoms with Gasteiger partial charge in [0.15, 0.2) is 5.65 Å². The van der Waals surface area contributed by atoms with Crippen LogP contribution in [0.1, 0.15) is 37.6 Å². The molecule has 0 atom stereocenters. The van der Waals surface area contributed by atoms with Gasteiger partial charge in [-0.25, -0.2) is 19.4 Å². The van der Waals surface area contributed by atoms with Crippen molar-refractivity contribution in [3.8, 4) is 17.4 Å². The van der Waals surface area contributed by atoms with Crippen LogP contribution in [0.5, 0.6) is 0 Å². The summed E-state index contributed by atoms with van der Waals surface area (Å²) in [6.45, 7) is 8.26. The van der Waals surface area contributed by atoms with Gasteiger partial charge in [0.05, 0.1) is 22.4 Å². The van der Waals surface area contributed by atoms with E-state index in [9.17, 15) is 10.1 Å². The third-order valence-corrected chi connectivity index (χ3v) is 6.99. The molecule has 2 amide bonds. The largest absolute Gasteiger partial charge is 0.384 e. The van der Waals surface area contributed by atoms with Gasteiger partial charge in [-0.05, 0) is 55.5 Å². The highest BCUT2D eigenvalue weighted by Gasteiger charge is 2.22. The Balaban J connectivity index is 1.28. The minimum absolute atomic E-state index is 0.203. The lowest BCUT2D eigenvalue weighted by molar-refractivity contribution is 0.262. The lowest BCUT2D eigenvalue weighted by Crippen LogP contribution is -2.21. The number of hydrogen-bond acceptors (Lipinski definition) is 6. The van der Waals surface area contributed by atoms with Gasteiger partial charge in [-0.3, -0.25) is 9.88 Å². The molecule has 0 aliphatic carbocycles. The van der Waals surface area contributed by atoms with Gasteiger partial charge in [0.1, 0.15) is 28.8 Å². The Morgan fingerprint density at radius 1 is 0.905 bits per heavy atom. The zero-order valence-electron chi connectivity index (χ0n) is 23.7. The molecule has 6 rings (SSSR count). The first-order valence-corrected chi connectivity index (χ1v) is 13.4. The molecule has 6 aromatic rings. The van der Waals surface area contributed by atoms with E-state index in [1.54, 1.807) is 33.5 Å². The third-order valence-electron chi connectivity index (χ3n) is 6.99. The fourth-order valence-electron chi connectivity index (χ4n) is 4.73. The van der Waals surface area contributed by atoms with E-state index in [0.717, 1.165) is 16.9 Å². The van der Waals surface area contributed by atoms with Gasteiger partial charge >= 0.3 is 6.03 Å².